The lowest BCUT2D eigenvalue weighted by molar-refractivity contribution is 0.390. The molecule has 0 saturated carbocycles. The molecule has 0 fully saturated rings. The number of anilines is 1. The normalized spacial score (nSPS) is 11.9. The lowest BCUT2D eigenvalue weighted by Crippen LogP contribution is -2.08. The van der Waals surface area contributed by atoms with E-state index in [9.17, 15) is 0 Å². The molecular formula is C16H17BrClNO2. The van der Waals surface area contributed by atoms with Gasteiger partial charge in [0.2, 0.25) is 0 Å². The van der Waals surface area contributed by atoms with E-state index in [1.54, 1.807) is 14.2 Å². The summed E-state index contributed by atoms with van der Waals surface area (Å²) in [7, 11) is 3.29. The van der Waals surface area contributed by atoms with Gasteiger partial charge in [0.15, 0.2) is 0 Å². The zero-order chi connectivity index (χ0) is 15.4. The van der Waals surface area contributed by atoms with Gasteiger partial charge in [-0.05, 0) is 53.2 Å². The highest BCUT2D eigenvalue weighted by atomic mass is 79.9. The predicted octanol–water partition coefficient (Wildman–Crippen LogP) is 5.29. The zero-order valence-electron chi connectivity index (χ0n) is 12.1. The summed E-state index contributed by atoms with van der Waals surface area (Å²) in [5, 5.41) is 4.09. The van der Waals surface area contributed by atoms with E-state index in [1.165, 1.54) is 0 Å². The van der Waals surface area contributed by atoms with Gasteiger partial charge in [-0.15, -0.1) is 0 Å². The van der Waals surface area contributed by atoms with Crippen LogP contribution in [0.5, 0.6) is 11.5 Å². The fourth-order valence-electron chi connectivity index (χ4n) is 2.09. The second-order valence-corrected chi connectivity index (χ2v) is 5.86. The molecular weight excluding hydrogens is 354 g/mol. The molecule has 1 atom stereocenters. The molecule has 2 aromatic rings. The van der Waals surface area contributed by atoms with E-state index in [-0.39, 0.29) is 6.04 Å². The third-order valence-electron chi connectivity index (χ3n) is 3.21. The summed E-state index contributed by atoms with van der Waals surface area (Å²) in [5.41, 5.74) is 2.01. The van der Waals surface area contributed by atoms with Crippen LogP contribution in [0.3, 0.4) is 0 Å². The molecule has 0 spiro atoms. The topological polar surface area (TPSA) is 30.5 Å². The second kappa shape index (κ2) is 7.05. The van der Waals surface area contributed by atoms with E-state index in [4.69, 9.17) is 21.1 Å². The van der Waals surface area contributed by atoms with Crippen molar-refractivity contribution in [2.75, 3.05) is 19.5 Å². The van der Waals surface area contributed by atoms with Gasteiger partial charge in [0.1, 0.15) is 11.5 Å². The van der Waals surface area contributed by atoms with E-state index >= 15 is 0 Å². The average Bonchev–Trinajstić information content (AvgIpc) is 2.50. The van der Waals surface area contributed by atoms with Crippen LogP contribution in [-0.2, 0) is 0 Å². The van der Waals surface area contributed by atoms with Crippen LogP contribution >= 0.6 is 27.5 Å². The van der Waals surface area contributed by atoms with Crippen LogP contribution in [-0.4, -0.2) is 14.2 Å². The lowest BCUT2D eigenvalue weighted by atomic mass is 10.1. The minimum atomic E-state index is 0.0723. The van der Waals surface area contributed by atoms with Crippen LogP contribution in [0, 0.1) is 0 Å². The van der Waals surface area contributed by atoms with Crippen LogP contribution in [0.15, 0.2) is 40.9 Å². The first-order valence-electron chi connectivity index (χ1n) is 6.48. The number of methoxy groups -OCH3 is 2. The van der Waals surface area contributed by atoms with Gasteiger partial charge in [0.25, 0.3) is 0 Å². The first-order valence-corrected chi connectivity index (χ1v) is 7.65. The standard InChI is InChI=1S/C16H17BrClNO2/c1-10(19-11-4-7-14(17)15(18)8-11)13-6-5-12(20-2)9-16(13)21-3/h4-10,19H,1-3H3. The third-order valence-corrected chi connectivity index (χ3v) is 4.44. The molecule has 0 heterocycles. The van der Waals surface area contributed by atoms with Gasteiger partial charge in [-0.1, -0.05) is 11.6 Å². The summed E-state index contributed by atoms with van der Waals surface area (Å²) in [6, 6.07) is 11.6. The Morgan fingerprint density at radius 2 is 1.86 bits per heavy atom. The first kappa shape index (κ1) is 16.0. The van der Waals surface area contributed by atoms with Gasteiger partial charge in [0.05, 0.1) is 25.3 Å². The highest BCUT2D eigenvalue weighted by molar-refractivity contribution is 9.10. The van der Waals surface area contributed by atoms with Crippen LogP contribution in [0.2, 0.25) is 5.02 Å². The van der Waals surface area contributed by atoms with Crippen LogP contribution in [0.1, 0.15) is 18.5 Å². The van der Waals surface area contributed by atoms with Crippen LogP contribution < -0.4 is 14.8 Å². The predicted molar refractivity (Wildman–Crippen MR) is 90.7 cm³/mol. The highest BCUT2D eigenvalue weighted by Crippen LogP contribution is 2.32. The Balaban J connectivity index is 2.23. The van der Waals surface area contributed by atoms with Crippen molar-refractivity contribution >= 4 is 33.2 Å². The van der Waals surface area contributed by atoms with Crippen molar-refractivity contribution in [3.8, 4) is 11.5 Å². The maximum Gasteiger partial charge on any atom is 0.127 e. The smallest absolute Gasteiger partial charge is 0.127 e. The Labute approximate surface area is 138 Å². The first-order chi connectivity index (χ1) is 10.0. The summed E-state index contributed by atoms with van der Waals surface area (Å²) in [6.45, 7) is 2.07. The molecule has 0 aromatic heterocycles. The van der Waals surface area contributed by atoms with Gasteiger partial charge in [-0.2, -0.15) is 0 Å². The molecule has 21 heavy (non-hydrogen) atoms. The molecule has 0 aliphatic rings. The third kappa shape index (κ3) is 3.83. The number of hydrogen-bond acceptors (Lipinski definition) is 3. The molecule has 0 radical (unpaired) electrons. The van der Waals surface area contributed by atoms with Crippen LogP contribution in [0.25, 0.3) is 0 Å². The molecule has 0 aliphatic carbocycles. The van der Waals surface area contributed by atoms with Gasteiger partial charge in [-0.3, -0.25) is 0 Å². The van der Waals surface area contributed by atoms with Crippen LogP contribution in [0.4, 0.5) is 5.69 Å². The maximum atomic E-state index is 6.11. The number of hydrogen-bond donors (Lipinski definition) is 1. The summed E-state index contributed by atoms with van der Waals surface area (Å²) >= 11 is 9.50. The number of nitrogens with one attached hydrogen (secondary N) is 1. The minimum Gasteiger partial charge on any atom is -0.497 e. The van der Waals surface area contributed by atoms with Crippen molar-refractivity contribution in [2.24, 2.45) is 0 Å². The van der Waals surface area contributed by atoms with Crippen molar-refractivity contribution in [1.29, 1.82) is 0 Å². The van der Waals surface area contributed by atoms with Gasteiger partial charge >= 0.3 is 0 Å². The number of ether oxygens (including phenoxy) is 2. The largest absolute Gasteiger partial charge is 0.497 e. The Hall–Kier alpha value is -1.39. The molecule has 5 heteroatoms. The van der Waals surface area contributed by atoms with E-state index in [0.717, 1.165) is 27.2 Å². The molecule has 0 aliphatic heterocycles. The molecule has 1 N–H and O–H groups in total. The summed E-state index contributed by atoms with van der Waals surface area (Å²) in [6.07, 6.45) is 0. The van der Waals surface area contributed by atoms with E-state index < -0.39 is 0 Å². The number of benzene rings is 2. The molecule has 3 nitrogen and oxygen atoms in total. The van der Waals surface area contributed by atoms with Crippen molar-refractivity contribution in [3.63, 3.8) is 0 Å². The molecule has 2 aromatic carbocycles. The van der Waals surface area contributed by atoms with Gasteiger partial charge < -0.3 is 14.8 Å². The highest BCUT2D eigenvalue weighted by Gasteiger charge is 2.13. The van der Waals surface area contributed by atoms with E-state index in [0.29, 0.717) is 5.02 Å². The summed E-state index contributed by atoms with van der Waals surface area (Å²) < 4.78 is 11.5. The quantitative estimate of drug-likeness (QED) is 0.775. The van der Waals surface area contributed by atoms with Crippen molar-refractivity contribution < 1.29 is 9.47 Å². The van der Waals surface area contributed by atoms with Gasteiger partial charge in [0, 0.05) is 21.8 Å². The second-order valence-electron chi connectivity index (χ2n) is 4.60. The van der Waals surface area contributed by atoms with E-state index in [1.807, 2.05) is 36.4 Å². The lowest BCUT2D eigenvalue weighted by Gasteiger charge is -2.19. The summed E-state index contributed by atoms with van der Waals surface area (Å²) in [4.78, 5) is 0. The Bertz CT molecular complexity index is 634. The minimum absolute atomic E-state index is 0.0723. The number of rotatable bonds is 5. The fourth-order valence-corrected chi connectivity index (χ4v) is 2.52. The Kier molecular flexibility index (Phi) is 5.37. The molecule has 0 amide bonds. The van der Waals surface area contributed by atoms with Crippen molar-refractivity contribution in [3.05, 3.63) is 51.5 Å². The zero-order valence-corrected chi connectivity index (χ0v) is 14.5. The monoisotopic (exact) mass is 369 g/mol. The van der Waals surface area contributed by atoms with Gasteiger partial charge in [-0.25, -0.2) is 0 Å². The molecule has 112 valence electrons. The summed E-state index contributed by atoms with van der Waals surface area (Å²) in [5.74, 6) is 1.56. The SMILES string of the molecule is COc1ccc(C(C)Nc2ccc(Br)c(Cl)c2)c(OC)c1. The van der Waals surface area contributed by atoms with Crippen molar-refractivity contribution in [1.82, 2.24) is 0 Å². The molecule has 1 unspecified atom stereocenters. The molecule has 0 bridgehead atoms. The molecule has 0 saturated heterocycles. The average molecular weight is 371 g/mol. The Morgan fingerprint density at radius 1 is 1.10 bits per heavy atom. The number of halogens is 2. The maximum absolute atomic E-state index is 6.11. The van der Waals surface area contributed by atoms with E-state index in [2.05, 4.69) is 28.2 Å². The van der Waals surface area contributed by atoms with Crippen molar-refractivity contribution in [2.45, 2.75) is 13.0 Å². The molecule has 2 rings (SSSR count). The fraction of sp³-hybridized carbons (Fsp3) is 0.250. The Morgan fingerprint density at radius 3 is 2.48 bits per heavy atom.